The maximum atomic E-state index is 8.42. The van der Waals surface area contributed by atoms with E-state index in [1.54, 1.807) is 0 Å². The highest BCUT2D eigenvalue weighted by atomic mass is 16.6. The first-order valence-corrected chi connectivity index (χ1v) is 6.79. The second-order valence-corrected chi connectivity index (χ2v) is 4.91. The van der Waals surface area contributed by atoms with Gasteiger partial charge in [-0.2, -0.15) is 0 Å². The molecule has 0 fully saturated rings. The summed E-state index contributed by atoms with van der Waals surface area (Å²) in [6, 6.07) is 14.0. The maximum absolute atomic E-state index is 8.42. The van der Waals surface area contributed by atoms with Crippen LogP contribution in [0.1, 0.15) is 5.56 Å². The molecule has 0 aliphatic carbocycles. The van der Waals surface area contributed by atoms with Gasteiger partial charge in [-0.25, -0.2) is 0 Å². The number of para-hydroxylation sites is 1. The van der Waals surface area contributed by atoms with Crippen molar-refractivity contribution in [3.05, 3.63) is 58.5 Å². The van der Waals surface area contributed by atoms with Crippen LogP contribution in [0.5, 0.6) is 11.5 Å². The van der Waals surface area contributed by atoms with Crippen molar-refractivity contribution in [3.63, 3.8) is 0 Å². The predicted molar refractivity (Wildman–Crippen MR) is 80.5 cm³/mol. The topological polar surface area (TPSA) is 67.2 Å². The van der Waals surface area contributed by atoms with Crippen LogP contribution in [0.4, 0.5) is 0 Å². The molecule has 3 rings (SSSR count). The van der Waals surface area contributed by atoms with Crippen molar-refractivity contribution in [2.45, 2.75) is 13.0 Å². The van der Waals surface area contributed by atoms with Gasteiger partial charge in [0.1, 0.15) is 12.7 Å². The van der Waals surface area contributed by atoms with Crippen LogP contribution in [0.25, 0.3) is 21.6 Å². The van der Waals surface area contributed by atoms with E-state index in [2.05, 4.69) is 29.1 Å². The molecule has 0 saturated carbocycles. The van der Waals surface area contributed by atoms with Crippen molar-refractivity contribution in [1.29, 1.82) is 0 Å². The molecule has 1 aliphatic heterocycles. The monoisotopic (exact) mass is 281 g/mol. The fraction of sp³-hybridized carbons (Fsp3) is 0.250. The fourth-order valence-electron chi connectivity index (χ4n) is 2.44. The van der Waals surface area contributed by atoms with E-state index in [-0.39, 0.29) is 12.6 Å². The lowest BCUT2D eigenvalue weighted by atomic mass is 9.99. The molecule has 0 bridgehead atoms. The van der Waals surface area contributed by atoms with Crippen molar-refractivity contribution in [3.8, 4) is 22.6 Å². The first-order valence-electron chi connectivity index (χ1n) is 6.79. The van der Waals surface area contributed by atoms with E-state index < -0.39 is 0 Å². The quantitative estimate of drug-likeness (QED) is 0.482. The van der Waals surface area contributed by atoms with E-state index in [0.717, 1.165) is 22.6 Å². The van der Waals surface area contributed by atoms with Gasteiger partial charge in [-0.05, 0) is 29.6 Å². The predicted octanol–water partition coefficient (Wildman–Crippen LogP) is 4.11. The van der Waals surface area contributed by atoms with E-state index in [9.17, 15) is 0 Å². The zero-order valence-corrected chi connectivity index (χ0v) is 11.7. The molecule has 21 heavy (non-hydrogen) atoms. The van der Waals surface area contributed by atoms with Crippen LogP contribution in [0.3, 0.4) is 0 Å². The number of hydrogen-bond donors (Lipinski definition) is 0. The number of rotatable bonds is 3. The Morgan fingerprint density at radius 2 is 2.00 bits per heavy atom. The van der Waals surface area contributed by atoms with Crippen LogP contribution in [-0.4, -0.2) is 19.3 Å². The Balaban J connectivity index is 2.01. The van der Waals surface area contributed by atoms with Crippen LogP contribution in [0, 0.1) is 6.92 Å². The number of ether oxygens (including phenoxy) is 2. The summed E-state index contributed by atoms with van der Waals surface area (Å²) in [4.78, 5) is 2.77. The summed E-state index contributed by atoms with van der Waals surface area (Å²) in [5.74, 6) is 1.45. The van der Waals surface area contributed by atoms with E-state index >= 15 is 0 Å². The van der Waals surface area contributed by atoms with E-state index in [1.807, 2.05) is 30.3 Å². The molecule has 0 N–H and O–H groups in total. The maximum Gasteiger partial charge on any atom is 0.169 e. The van der Waals surface area contributed by atoms with Crippen LogP contribution in [-0.2, 0) is 0 Å². The minimum Gasteiger partial charge on any atom is -0.486 e. The summed E-state index contributed by atoms with van der Waals surface area (Å²) in [5.41, 5.74) is 11.7. The highest BCUT2D eigenvalue weighted by Gasteiger charge is 2.23. The molecule has 5 nitrogen and oxygen atoms in total. The molecular weight excluding hydrogens is 266 g/mol. The molecular formula is C16H15N3O2. The minimum absolute atomic E-state index is 0.251. The molecule has 2 aromatic rings. The smallest absolute Gasteiger partial charge is 0.169 e. The molecule has 5 heteroatoms. The first-order chi connectivity index (χ1) is 10.3. The third-order valence-corrected chi connectivity index (χ3v) is 3.47. The van der Waals surface area contributed by atoms with Gasteiger partial charge in [0.05, 0.1) is 6.54 Å². The third-order valence-electron chi connectivity index (χ3n) is 3.47. The second kappa shape index (κ2) is 5.77. The van der Waals surface area contributed by atoms with Crippen LogP contribution < -0.4 is 9.47 Å². The SMILES string of the molecule is Cc1ccccc1-c1cccc2c1OC(CN=[N+]=[N-])CO2. The molecule has 1 heterocycles. The van der Waals surface area contributed by atoms with E-state index in [0.29, 0.717) is 6.61 Å². The lowest BCUT2D eigenvalue weighted by molar-refractivity contribution is 0.0977. The molecule has 1 unspecified atom stereocenters. The van der Waals surface area contributed by atoms with Crippen molar-refractivity contribution in [2.75, 3.05) is 13.2 Å². The normalized spacial score (nSPS) is 16.1. The highest BCUT2D eigenvalue weighted by molar-refractivity contribution is 5.76. The Bertz CT molecular complexity index is 708. The summed E-state index contributed by atoms with van der Waals surface area (Å²) in [7, 11) is 0. The second-order valence-electron chi connectivity index (χ2n) is 4.91. The van der Waals surface area contributed by atoms with Gasteiger partial charge in [0.25, 0.3) is 0 Å². The fourth-order valence-corrected chi connectivity index (χ4v) is 2.44. The summed E-state index contributed by atoms with van der Waals surface area (Å²) in [5, 5.41) is 3.56. The number of benzene rings is 2. The molecule has 0 aromatic heterocycles. The van der Waals surface area contributed by atoms with E-state index in [1.165, 1.54) is 5.56 Å². The average Bonchev–Trinajstić information content (AvgIpc) is 2.53. The van der Waals surface area contributed by atoms with Gasteiger partial charge in [-0.1, -0.05) is 41.5 Å². The number of nitrogens with zero attached hydrogens (tertiary/aromatic N) is 3. The van der Waals surface area contributed by atoms with Crippen LogP contribution in [0.15, 0.2) is 47.6 Å². The number of fused-ring (bicyclic) bond motifs is 1. The largest absolute Gasteiger partial charge is 0.486 e. The molecule has 106 valence electrons. The van der Waals surface area contributed by atoms with Crippen molar-refractivity contribution in [2.24, 2.45) is 5.11 Å². The summed E-state index contributed by atoms with van der Waals surface area (Å²) in [6.45, 7) is 2.72. The van der Waals surface area contributed by atoms with Gasteiger partial charge in [0.15, 0.2) is 11.5 Å². The summed E-state index contributed by atoms with van der Waals surface area (Å²) >= 11 is 0. The Morgan fingerprint density at radius 1 is 1.19 bits per heavy atom. The van der Waals surface area contributed by atoms with Gasteiger partial charge in [0, 0.05) is 10.5 Å². The molecule has 0 spiro atoms. The van der Waals surface area contributed by atoms with Gasteiger partial charge >= 0.3 is 0 Å². The summed E-state index contributed by atoms with van der Waals surface area (Å²) in [6.07, 6.45) is -0.251. The minimum atomic E-state index is -0.251. The summed E-state index contributed by atoms with van der Waals surface area (Å²) < 4.78 is 11.7. The van der Waals surface area contributed by atoms with E-state index in [4.69, 9.17) is 15.0 Å². The Hall–Kier alpha value is -2.65. The van der Waals surface area contributed by atoms with Gasteiger partial charge in [-0.3, -0.25) is 0 Å². The Morgan fingerprint density at radius 3 is 2.81 bits per heavy atom. The lowest BCUT2D eigenvalue weighted by Crippen LogP contribution is -2.31. The Labute approximate surface area is 122 Å². The first kappa shape index (κ1) is 13.3. The molecule has 0 radical (unpaired) electrons. The number of aryl methyl sites for hydroxylation is 1. The molecule has 1 atom stereocenters. The zero-order valence-electron chi connectivity index (χ0n) is 11.7. The Kier molecular flexibility index (Phi) is 3.67. The van der Waals surface area contributed by atoms with Gasteiger partial charge in [0.2, 0.25) is 0 Å². The van der Waals surface area contributed by atoms with Crippen molar-refractivity contribution < 1.29 is 9.47 Å². The van der Waals surface area contributed by atoms with Gasteiger partial charge < -0.3 is 9.47 Å². The van der Waals surface area contributed by atoms with Gasteiger partial charge in [-0.15, -0.1) is 0 Å². The third kappa shape index (κ3) is 2.64. The molecule has 0 saturated heterocycles. The van der Waals surface area contributed by atoms with Crippen LogP contribution in [0.2, 0.25) is 0 Å². The average molecular weight is 281 g/mol. The number of hydrogen-bond acceptors (Lipinski definition) is 3. The number of azide groups is 1. The molecule has 0 amide bonds. The van der Waals surface area contributed by atoms with Crippen molar-refractivity contribution >= 4 is 0 Å². The van der Waals surface area contributed by atoms with Crippen molar-refractivity contribution in [1.82, 2.24) is 0 Å². The van der Waals surface area contributed by atoms with Crippen LogP contribution >= 0.6 is 0 Å². The lowest BCUT2D eigenvalue weighted by Gasteiger charge is -2.27. The highest BCUT2D eigenvalue weighted by Crippen LogP contribution is 2.41. The molecule has 2 aromatic carbocycles. The zero-order chi connectivity index (χ0) is 14.7. The standard InChI is InChI=1S/C16H15N3O2/c1-11-5-2-3-6-13(11)14-7-4-8-15-16(14)21-12(10-20-15)9-18-19-17/h2-8,12H,9-10H2,1H3. The molecule has 1 aliphatic rings.